The van der Waals surface area contributed by atoms with Crippen LogP contribution in [0.5, 0.6) is 0 Å². The first-order valence-corrected chi connectivity index (χ1v) is 5.30. The fourth-order valence-corrected chi connectivity index (χ4v) is 2.22. The van der Waals surface area contributed by atoms with Crippen LogP contribution in [-0.2, 0) is 0 Å². The van der Waals surface area contributed by atoms with Gasteiger partial charge in [0, 0.05) is 12.3 Å². The molecule has 2 atom stereocenters. The second kappa shape index (κ2) is 5.29. The summed E-state index contributed by atoms with van der Waals surface area (Å²) in [7, 11) is 7.36. The van der Waals surface area contributed by atoms with Crippen molar-refractivity contribution in [1.29, 1.82) is 0 Å². The quantitative estimate of drug-likeness (QED) is 0.240. The molecule has 7 heteroatoms. The molecule has 0 aliphatic carbocycles. The maximum atomic E-state index is 8.91. The van der Waals surface area contributed by atoms with Crippen molar-refractivity contribution in [3.05, 3.63) is 0 Å². The van der Waals surface area contributed by atoms with Gasteiger partial charge >= 0.3 is 0 Å². The Kier molecular flexibility index (Phi) is 5.58. The van der Waals surface area contributed by atoms with Crippen LogP contribution in [0.1, 0.15) is 0 Å². The summed E-state index contributed by atoms with van der Waals surface area (Å²) in [6.07, 6.45) is 0. The predicted molar refractivity (Wildman–Crippen MR) is 50.0 cm³/mol. The molecule has 4 nitrogen and oxygen atoms in total. The summed E-state index contributed by atoms with van der Waals surface area (Å²) in [4.78, 5) is 0. The molecule has 0 aromatic heterocycles. The fourth-order valence-electron chi connectivity index (χ4n) is 0.246. The number of hydrogen-bond donors (Lipinski definition) is 4. The van der Waals surface area contributed by atoms with Crippen molar-refractivity contribution in [2.24, 2.45) is 11.5 Å². The van der Waals surface area contributed by atoms with E-state index in [0.717, 1.165) is 10.8 Å². The number of aliphatic hydroxyl groups excluding tert-OH is 1. The topological polar surface area (TPSA) is 92.5 Å². The lowest BCUT2D eigenvalue weighted by molar-refractivity contribution is 0.162. The smallest absolute Gasteiger partial charge is 0.136 e. The average molecular weight is 194 g/mol. The Hall–Kier alpha value is 0.605. The molecule has 11 heavy (non-hydrogen) atoms. The number of nitrogens with two attached hydrogens (primary N) is 2. The van der Waals surface area contributed by atoms with E-state index >= 15 is 0 Å². The molecular weight excluding hydrogens is 183 g/mol. The zero-order valence-electron chi connectivity index (χ0n) is 5.93. The molecule has 64 valence electrons. The summed E-state index contributed by atoms with van der Waals surface area (Å²) < 4.78 is 0. The monoisotopic (exact) mass is 194 g/mol. The van der Waals surface area contributed by atoms with Crippen molar-refractivity contribution in [2.75, 3.05) is 12.3 Å². The Labute approximate surface area is 74.9 Å². The number of rotatable bonds is 5. The molecule has 0 bridgehead atoms. The van der Waals surface area contributed by atoms with Gasteiger partial charge in [-0.25, -0.2) is 0 Å². The second-order valence-corrected chi connectivity index (χ2v) is 4.59. The van der Waals surface area contributed by atoms with Gasteiger partial charge in [-0.3, -0.25) is 0 Å². The fraction of sp³-hybridized carbons (Fsp3) is 1.00. The molecule has 2 unspecified atom stereocenters. The lowest BCUT2D eigenvalue weighted by atomic mass is 9.95. The number of aliphatic hydroxyl groups is 2. The highest BCUT2D eigenvalue weighted by atomic mass is 33.1. The lowest BCUT2D eigenvalue weighted by Crippen LogP contribution is -2.42. The average Bonchev–Trinajstić information content (AvgIpc) is 1.85. The Morgan fingerprint density at radius 2 is 2.18 bits per heavy atom. The molecule has 2 radical (unpaired) electrons. The molecule has 0 saturated carbocycles. The molecule has 0 aromatic carbocycles. The predicted octanol–water partition coefficient (Wildman–Crippen LogP) is -1.58. The summed E-state index contributed by atoms with van der Waals surface area (Å²) in [5.74, 6) is 0.148. The zero-order chi connectivity index (χ0) is 8.91. The molecule has 0 aromatic rings. The third-order valence-corrected chi connectivity index (χ3v) is 3.23. The second-order valence-electron chi connectivity index (χ2n) is 2.04. The molecule has 0 saturated heterocycles. The van der Waals surface area contributed by atoms with E-state index in [9.17, 15) is 0 Å². The van der Waals surface area contributed by atoms with Crippen molar-refractivity contribution in [2.45, 2.75) is 11.1 Å². The molecule has 0 fully saturated rings. The van der Waals surface area contributed by atoms with E-state index in [1.807, 2.05) is 0 Å². The molecule has 0 spiro atoms. The van der Waals surface area contributed by atoms with Gasteiger partial charge in [-0.2, -0.15) is 0 Å². The van der Waals surface area contributed by atoms with Gasteiger partial charge in [0.2, 0.25) is 0 Å². The lowest BCUT2D eigenvalue weighted by Gasteiger charge is -2.17. The van der Waals surface area contributed by atoms with Gasteiger partial charge in [0.25, 0.3) is 0 Å². The van der Waals surface area contributed by atoms with Crippen LogP contribution in [0.2, 0.25) is 0 Å². The SMILES string of the molecule is [B]C(N)(O)CSSC(O)CN. The molecular formula is C4H11BN2O2S2. The Bertz CT molecular complexity index is 111. The van der Waals surface area contributed by atoms with Gasteiger partial charge in [-0.05, 0) is 0 Å². The minimum atomic E-state index is -1.67. The van der Waals surface area contributed by atoms with E-state index in [-0.39, 0.29) is 12.3 Å². The molecule has 6 N–H and O–H groups in total. The summed E-state index contributed by atoms with van der Waals surface area (Å²) in [5, 5.41) is 17.7. The van der Waals surface area contributed by atoms with Crippen molar-refractivity contribution >= 4 is 29.4 Å². The molecule has 0 heterocycles. The molecule has 0 aliphatic rings. The zero-order valence-corrected chi connectivity index (χ0v) is 7.57. The minimum absolute atomic E-state index is 0.148. The molecule has 0 rings (SSSR count). The summed E-state index contributed by atoms with van der Waals surface area (Å²) >= 11 is 0. The summed E-state index contributed by atoms with van der Waals surface area (Å²) in [6.45, 7) is 0.172. The van der Waals surface area contributed by atoms with Crippen molar-refractivity contribution in [3.8, 4) is 0 Å². The van der Waals surface area contributed by atoms with E-state index < -0.39 is 11.1 Å². The summed E-state index contributed by atoms with van der Waals surface area (Å²) in [5.41, 5.74) is 7.85. The third-order valence-electron chi connectivity index (χ3n) is 0.671. The first kappa shape index (κ1) is 11.6. The van der Waals surface area contributed by atoms with Crippen molar-refractivity contribution in [1.82, 2.24) is 0 Å². The largest absolute Gasteiger partial charge is 0.385 e. The third kappa shape index (κ3) is 8.51. The Morgan fingerprint density at radius 1 is 1.64 bits per heavy atom. The van der Waals surface area contributed by atoms with Gasteiger partial charge in [-0.1, -0.05) is 21.6 Å². The van der Waals surface area contributed by atoms with E-state index in [0.29, 0.717) is 0 Å². The van der Waals surface area contributed by atoms with Gasteiger partial charge in [0.15, 0.2) is 0 Å². The van der Waals surface area contributed by atoms with Crippen LogP contribution in [-0.4, -0.2) is 41.4 Å². The first-order chi connectivity index (χ1) is 4.95. The Morgan fingerprint density at radius 3 is 2.55 bits per heavy atom. The van der Waals surface area contributed by atoms with Crippen LogP contribution in [0.25, 0.3) is 0 Å². The van der Waals surface area contributed by atoms with E-state index in [4.69, 9.17) is 29.5 Å². The molecule has 0 amide bonds. The van der Waals surface area contributed by atoms with Crippen LogP contribution in [0.4, 0.5) is 0 Å². The van der Waals surface area contributed by atoms with Gasteiger partial charge in [-0.15, -0.1) is 0 Å². The van der Waals surface area contributed by atoms with E-state index in [1.54, 1.807) is 0 Å². The van der Waals surface area contributed by atoms with E-state index in [2.05, 4.69) is 0 Å². The number of hydrogen-bond acceptors (Lipinski definition) is 6. The maximum absolute atomic E-state index is 8.91. The highest BCUT2D eigenvalue weighted by molar-refractivity contribution is 8.76. The van der Waals surface area contributed by atoms with Crippen LogP contribution in [0, 0.1) is 0 Å². The normalized spacial score (nSPS) is 19.3. The molecule has 0 aliphatic heterocycles. The van der Waals surface area contributed by atoms with Crippen LogP contribution < -0.4 is 11.5 Å². The van der Waals surface area contributed by atoms with Crippen LogP contribution in [0.15, 0.2) is 0 Å². The van der Waals surface area contributed by atoms with Gasteiger partial charge in [0.1, 0.15) is 13.3 Å². The van der Waals surface area contributed by atoms with Gasteiger partial charge < -0.3 is 21.7 Å². The van der Waals surface area contributed by atoms with E-state index in [1.165, 1.54) is 10.8 Å². The van der Waals surface area contributed by atoms with Crippen LogP contribution >= 0.6 is 21.6 Å². The van der Waals surface area contributed by atoms with Crippen LogP contribution in [0.3, 0.4) is 0 Å². The summed E-state index contributed by atoms with van der Waals surface area (Å²) in [6, 6.07) is 0. The Balaban J connectivity index is 3.28. The van der Waals surface area contributed by atoms with Crippen molar-refractivity contribution < 1.29 is 10.2 Å². The minimum Gasteiger partial charge on any atom is -0.385 e. The van der Waals surface area contributed by atoms with Gasteiger partial charge in [0.05, 0.1) is 5.62 Å². The maximum Gasteiger partial charge on any atom is 0.136 e. The highest BCUT2D eigenvalue weighted by Gasteiger charge is 2.13. The standard InChI is InChI=1S/C4H11BN2O2S2/c5-4(7,9)2-10-11-3(8)1-6/h3,8-9H,1-2,6-7H2. The highest BCUT2D eigenvalue weighted by Crippen LogP contribution is 2.26. The first-order valence-electron chi connectivity index (χ1n) is 2.92. The van der Waals surface area contributed by atoms with Crippen molar-refractivity contribution in [3.63, 3.8) is 0 Å².